The third-order valence-electron chi connectivity index (χ3n) is 3.40. The zero-order valence-electron chi connectivity index (χ0n) is 12.9. The molecule has 0 aliphatic rings. The van der Waals surface area contributed by atoms with Gasteiger partial charge in [-0.1, -0.05) is 12.1 Å². The molecule has 0 bridgehead atoms. The first-order valence-electron chi connectivity index (χ1n) is 7.07. The van der Waals surface area contributed by atoms with Crippen molar-refractivity contribution in [3.63, 3.8) is 0 Å². The number of aromatic nitrogens is 1. The molecule has 0 saturated carbocycles. The van der Waals surface area contributed by atoms with Crippen molar-refractivity contribution < 1.29 is 18.0 Å². The Labute approximate surface area is 136 Å². The quantitative estimate of drug-likeness (QED) is 0.821. The van der Waals surface area contributed by atoms with E-state index in [1.54, 1.807) is 29.5 Å². The number of carbonyl (C=O) groups is 1. The Bertz CT molecular complexity index is 665. The monoisotopic (exact) mass is 342 g/mol. The molecule has 2 rings (SSSR count). The minimum Gasteiger partial charge on any atom is -0.341 e. The van der Waals surface area contributed by atoms with Gasteiger partial charge in [0.2, 0.25) is 5.91 Å². The maximum Gasteiger partial charge on any atom is 0.416 e. The summed E-state index contributed by atoms with van der Waals surface area (Å²) >= 11 is 1.54. The van der Waals surface area contributed by atoms with Crippen LogP contribution >= 0.6 is 11.3 Å². The van der Waals surface area contributed by atoms with Crippen LogP contribution in [0.25, 0.3) is 0 Å². The second kappa shape index (κ2) is 7.12. The van der Waals surface area contributed by atoms with Crippen molar-refractivity contribution in [3.05, 3.63) is 51.5 Å². The number of nitrogens with zero attached hydrogens (tertiary/aromatic N) is 2. The molecule has 1 heterocycles. The van der Waals surface area contributed by atoms with Gasteiger partial charge in [0.05, 0.1) is 17.1 Å². The number of aryl methyl sites for hydroxylation is 2. The lowest BCUT2D eigenvalue weighted by atomic mass is 10.1. The SMILES string of the molecule is Cc1ncc(CN(C)C(=O)CCc2ccc(C(F)(F)F)cc2)s1. The Morgan fingerprint density at radius 2 is 1.91 bits per heavy atom. The first-order chi connectivity index (χ1) is 10.8. The topological polar surface area (TPSA) is 33.2 Å². The summed E-state index contributed by atoms with van der Waals surface area (Å²) in [7, 11) is 1.71. The number of amides is 1. The number of hydrogen-bond donors (Lipinski definition) is 0. The van der Waals surface area contributed by atoms with E-state index in [4.69, 9.17) is 0 Å². The molecule has 124 valence electrons. The molecule has 0 aliphatic heterocycles. The first-order valence-corrected chi connectivity index (χ1v) is 7.89. The van der Waals surface area contributed by atoms with Crippen molar-refractivity contribution in [1.82, 2.24) is 9.88 Å². The van der Waals surface area contributed by atoms with Gasteiger partial charge in [-0.05, 0) is 31.0 Å². The van der Waals surface area contributed by atoms with Crippen LogP contribution in [-0.4, -0.2) is 22.8 Å². The number of alkyl halides is 3. The van der Waals surface area contributed by atoms with Crippen LogP contribution in [0.5, 0.6) is 0 Å². The molecule has 1 aromatic heterocycles. The molecule has 0 unspecified atom stereocenters. The largest absolute Gasteiger partial charge is 0.416 e. The van der Waals surface area contributed by atoms with Gasteiger partial charge in [0.25, 0.3) is 0 Å². The molecule has 7 heteroatoms. The summed E-state index contributed by atoms with van der Waals surface area (Å²) in [5.74, 6) is -0.0454. The minimum atomic E-state index is -4.33. The summed E-state index contributed by atoms with van der Waals surface area (Å²) < 4.78 is 37.4. The second-order valence-corrected chi connectivity index (χ2v) is 6.61. The van der Waals surface area contributed by atoms with Gasteiger partial charge in [0.15, 0.2) is 0 Å². The van der Waals surface area contributed by atoms with E-state index in [9.17, 15) is 18.0 Å². The predicted molar refractivity (Wildman–Crippen MR) is 83.1 cm³/mol. The molecule has 3 nitrogen and oxygen atoms in total. The fraction of sp³-hybridized carbons (Fsp3) is 0.375. The molecule has 0 N–H and O–H groups in total. The number of thiazole rings is 1. The van der Waals surface area contributed by atoms with E-state index in [0.717, 1.165) is 22.0 Å². The third kappa shape index (κ3) is 5.06. The fourth-order valence-electron chi connectivity index (χ4n) is 2.10. The van der Waals surface area contributed by atoms with E-state index in [0.29, 0.717) is 18.5 Å². The van der Waals surface area contributed by atoms with Crippen LogP contribution in [0.3, 0.4) is 0 Å². The Kier molecular flexibility index (Phi) is 5.41. The summed E-state index contributed by atoms with van der Waals surface area (Å²) in [6, 6.07) is 4.93. The molecule has 0 fully saturated rings. The molecular weight excluding hydrogens is 325 g/mol. The highest BCUT2D eigenvalue weighted by molar-refractivity contribution is 7.11. The number of hydrogen-bond acceptors (Lipinski definition) is 3. The molecule has 0 spiro atoms. The van der Waals surface area contributed by atoms with Crippen LogP contribution in [0.4, 0.5) is 13.2 Å². The van der Waals surface area contributed by atoms with Crippen LogP contribution < -0.4 is 0 Å². The summed E-state index contributed by atoms with van der Waals surface area (Å²) in [5, 5.41) is 0.950. The number of carbonyl (C=O) groups excluding carboxylic acids is 1. The van der Waals surface area contributed by atoms with Crippen molar-refractivity contribution in [2.45, 2.75) is 32.5 Å². The molecule has 0 aliphatic carbocycles. The maximum atomic E-state index is 12.5. The van der Waals surface area contributed by atoms with E-state index in [1.165, 1.54) is 12.1 Å². The normalized spacial score (nSPS) is 11.5. The zero-order chi connectivity index (χ0) is 17.0. The fourth-order valence-corrected chi connectivity index (χ4v) is 2.95. The Balaban J connectivity index is 1.86. The van der Waals surface area contributed by atoms with Crippen LogP contribution in [-0.2, 0) is 23.9 Å². The predicted octanol–water partition coefficient (Wildman–Crippen LogP) is 4.06. The van der Waals surface area contributed by atoms with Crippen molar-refractivity contribution in [1.29, 1.82) is 0 Å². The van der Waals surface area contributed by atoms with Gasteiger partial charge in [0, 0.05) is 24.5 Å². The van der Waals surface area contributed by atoms with Crippen molar-refractivity contribution in [2.24, 2.45) is 0 Å². The van der Waals surface area contributed by atoms with Crippen molar-refractivity contribution in [2.75, 3.05) is 7.05 Å². The van der Waals surface area contributed by atoms with E-state index in [1.807, 2.05) is 6.92 Å². The highest BCUT2D eigenvalue weighted by Gasteiger charge is 2.29. The van der Waals surface area contributed by atoms with Crippen LogP contribution in [0.2, 0.25) is 0 Å². The number of halogens is 3. The average Bonchev–Trinajstić information content (AvgIpc) is 2.89. The van der Waals surface area contributed by atoms with E-state index < -0.39 is 11.7 Å². The Hall–Kier alpha value is -1.89. The van der Waals surface area contributed by atoms with Crippen molar-refractivity contribution in [3.8, 4) is 0 Å². The van der Waals surface area contributed by atoms with Gasteiger partial charge in [-0.15, -0.1) is 11.3 Å². The summed E-state index contributed by atoms with van der Waals surface area (Å²) in [4.78, 5) is 18.8. The number of rotatable bonds is 5. The first kappa shape index (κ1) is 17.5. The average molecular weight is 342 g/mol. The lowest BCUT2D eigenvalue weighted by Crippen LogP contribution is -2.26. The molecule has 0 saturated heterocycles. The summed E-state index contributed by atoms with van der Waals surface area (Å²) in [5.41, 5.74) is 0.0404. The molecule has 1 aromatic carbocycles. The van der Waals surface area contributed by atoms with Gasteiger partial charge < -0.3 is 4.90 Å². The van der Waals surface area contributed by atoms with Crippen LogP contribution in [0.1, 0.15) is 27.4 Å². The van der Waals surface area contributed by atoms with Crippen LogP contribution in [0.15, 0.2) is 30.5 Å². The number of benzene rings is 1. The van der Waals surface area contributed by atoms with Gasteiger partial charge in [-0.2, -0.15) is 13.2 Å². The van der Waals surface area contributed by atoms with Gasteiger partial charge in [-0.3, -0.25) is 4.79 Å². The Morgan fingerprint density at radius 3 is 2.43 bits per heavy atom. The minimum absolute atomic E-state index is 0.0454. The van der Waals surface area contributed by atoms with Gasteiger partial charge in [-0.25, -0.2) is 4.98 Å². The lowest BCUT2D eigenvalue weighted by Gasteiger charge is -2.16. The van der Waals surface area contributed by atoms with E-state index in [2.05, 4.69) is 4.98 Å². The van der Waals surface area contributed by atoms with Crippen LogP contribution in [0, 0.1) is 6.92 Å². The Morgan fingerprint density at radius 1 is 1.26 bits per heavy atom. The second-order valence-electron chi connectivity index (χ2n) is 5.29. The maximum absolute atomic E-state index is 12.5. The van der Waals surface area contributed by atoms with Crippen molar-refractivity contribution >= 4 is 17.2 Å². The van der Waals surface area contributed by atoms with Gasteiger partial charge >= 0.3 is 6.18 Å². The molecular formula is C16H17F3N2OS. The molecule has 2 aromatic rings. The molecule has 0 radical (unpaired) electrons. The smallest absolute Gasteiger partial charge is 0.341 e. The standard InChI is InChI=1S/C16H17F3N2OS/c1-11-20-9-14(23-11)10-21(2)15(22)8-5-12-3-6-13(7-4-12)16(17,18)19/h3-4,6-7,9H,5,8,10H2,1-2H3. The zero-order valence-corrected chi connectivity index (χ0v) is 13.7. The van der Waals surface area contributed by atoms with E-state index in [-0.39, 0.29) is 12.3 Å². The van der Waals surface area contributed by atoms with Gasteiger partial charge in [0.1, 0.15) is 0 Å². The highest BCUT2D eigenvalue weighted by Crippen LogP contribution is 2.29. The summed E-state index contributed by atoms with van der Waals surface area (Å²) in [6.45, 7) is 2.40. The lowest BCUT2D eigenvalue weighted by molar-refractivity contribution is -0.137. The molecule has 1 amide bonds. The highest BCUT2D eigenvalue weighted by atomic mass is 32.1. The van der Waals surface area contributed by atoms with E-state index >= 15 is 0 Å². The molecule has 23 heavy (non-hydrogen) atoms. The molecule has 0 atom stereocenters. The third-order valence-corrected chi connectivity index (χ3v) is 4.29. The summed E-state index contributed by atoms with van der Waals surface area (Å²) in [6.07, 6.45) is -1.90.